The third-order valence-corrected chi connectivity index (χ3v) is 3.73. The lowest BCUT2D eigenvalue weighted by molar-refractivity contribution is 0.302. The number of ether oxygens (including phenoxy) is 1. The van der Waals surface area contributed by atoms with Crippen molar-refractivity contribution in [2.75, 3.05) is 0 Å². The topological polar surface area (TPSA) is 60.2 Å². The molecule has 3 N–H and O–H groups in total. The molecule has 1 saturated carbocycles. The number of hydrazine groups is 1. The fraction of sp³-hybridized carbons (Fsp3) is 0.353. The molecule has 1 heterocycles. The van der Waals surface area contributed by atoms with Gasteiger partial charge in [0, 0.05) is 18.4 Å². The number of nitrogens with one attached hydrogen (secondary N) is 1. The summed E-state index contributed by atoms with van der Waals surface area (Å²) in [7, 11) is 0. The Morgan fingerprint density at radius 1 is 1.29 bits per heavy atom. The summed E-state index contributed by atoms with van der Waals surface area (Å²) in [4.78, 5) is 4.14. The number of nitrogens with zero attached hydrogens (tertiary/aromatic N) is 1. The van der Waals surface area contributed by atoms with Crippen LogP contribution >= 0.6 is 0 Å². The average molecular weight is 283 g/mol. The van der Waals surface area contributed by atoms with Crippen LogP contribution in [0.4, 0.5) is 0 Å². The van der Waals surface area contributed by atoms with E-state index in [-0.39, 0.29) is 6.04 Å². The fourth-order valence-corrected chi connectivity index (χ4v) is 2.39. The molecule has 3 rings (SSSR count). The molecule has 0 aliphatic heterocycles. The standard InChI is InChI=1S/C17H21N3O/c18-20-17(9-6-13-3-2-10-19-12-13)14-4-1-5-16(11-14)21-15-7-8-15/h1-5,10-12,15,17,20H,6-9,18H2. The van der Waals surface area contributed by atoms with Gasteiger partial charge in [-0.15, -0.1) is 0 Å². The zero-order valence-electron chi connectivity index (χ0n) is 12.0. The third kappa shape index (κ3) is 4.03. The number of aromatic nitrogens is 1. The molecule has 0 spiro atoms. The molecule has 0 saturated heterocycles. The largest absolute Gasteiger partial charge is 0.490 e. The number of nitrogens with two attached hydrogens (primary N) is 1. The van der Waals surface area contributed by atoms with Gasteiger partial charge in [-0.2, -0.15) is 0 Å². The second-order valence-corrected chi connectivity index (χ2v) is 5.51. The number of hydrogen-bond acceptors (Lipinski definition) is 4. The summed E-state index contributed by atoms with van der Waals surface area (Å²) in [5.74, 6) is 6.67. The number of rotatable bonds is 7. The van der Waals surface area contributed by atoms with E-state index in [1.807, 2.05) is 24.4 Å². The number of benzene rings is 1. The molecule has 4 heteroatoms. The van der Waals surface area contributed by atoms with Crippen molar-refractivity contribution in [1.29, 1.82) is 0 Å². The molecule has 1 aromatic heterocycles. The summed E-state index contributed by atoms with van der Waals surface area (Å²) in [5.41, 5.74) is 5.30. The molecule has 1 aromatic carbocycles. The summed E-state index contributed by atoms with van der Waals surface area (Å²) in [6, 6.07) is 12.4. The van der Waals surface area contributed by atoms with E-state index in [9.17, 15) is 0 Å². The molecule has 2 aromatic rings. The molecular weight excluding hydrogens is 262 g/mol. The molecule has 0 radical (unpaired) electrons. The first kappa shape index (κ1) is 14.0. The summed E-state index contributed by atoms with van der Waals surface area (Å²) < 4.78 is 5.84. The second kappa shape index (κ2) is 6.70. The van der Waals surface area contributed by atoms with Crippen LogP contribution in [0, 0.1) is 0 Å². The van der Waals surface area contributed by atoms with Crippen LogP contribution in [0.3, 0.4) is 0 Å². The summed E-state index contributed by atoms with van der Waals surface area (Å²) in [6.07, 6.45) is 8.32. The van der Waals surface area contributed by atoms with E-state index >= 15 is 0 Å². The fourth-order valence-electron chi connectivity index (χ4n) is 2.39. The third-order valence-electron chi connectivity index (χ3n) is 3.73. The van der Waals surface area contributed by atoms with Gasteiger partial charge in [0.05, 0.1) is 6.10 Å². The molecule has 110 valence electrons. The van der Waals surface area contributed by atoms with Crippen molar-refractivity contribution in [3.63, 3.8) is 0 Å². The van der Waals surface area contributed by atoms with Gasteiger partial charge in [0.2, 0.25) is 0 Å². The van der Waals surface area contributed by atoms with Crippen molar-refractivity contribution in [2.24, 2.45) is 5.84 Å². The molecule has 0 amide bonds. The van der Waals surface area contributed by atoms with E-state index in [4.69, 9.17) is 10.6 Å². The minimum Gasteiger partial charge on any atom is -0.490 e. The highest BCUT2D eigenvalue weighted by molar-refractivity contribution is 5.31. The van der Waals surface area contributed by atoms with Gasteiger partial charge >= 0.3 is 0 Å². The van der Waals surface area contributed by atoms with E-state index in [1.165, 1.54) is 24.0 Å². The molecule has 1 aliphatic rings. The second-order valence-electron chi connectivity index (χ2n) is 5.51. The lowest BCUT2D eigenvalue weighted by Gasteiger charge is -2.17. The molecule has 4 nitrogen and oxygen atoms in total. The van der Waals surface area contributed by atoms with Crippen molar-refractivity contribution in [3.05, 3.63) is 59.9 Å². The van der Waals surface area contributed by atoms with Gasteiger partial charge in [-0.05, 0) is 55.0 Å². The first-order chi connectivity index (χ1) is 10.3. The van der Waals surface area contributed by atoms with Gasteiger partial charge in [0.15, 0.2) is 0 Å². The Balaban J connectivity index is 1.64. The Labute approximate surface area is 125 Å². The van der Waals surface area contributed by atoms with Crippen molar-refractivity contribution in [2.45, 2.75) is 37.8 Å². The Kier molecular flexibility index (Phi) is 4.48. The van der Waals surface area contributed by atoms with E-state index in [2.05, 4.69) is 28.6 Å². The maximum atomic E-state index is 5.84. The first-order valence-corrected chi connectivity index (χ1v) is 7.47. The maximum Gasteiger partial charge on any atom is 0.120 e. The molecule has 1 aliphatic carbocycles. The highest BCUT2D eigenvalue weighted by Crippen LogP contribution is 2.29. The Hall–Kier alpha value is -1.91. The first-order valence-electron chi connectivity index (χ1n) is 7.47. The number of pyridine rings is 1. The number of aryl methyl sites for hydroxylation is 1. The zero-order chi connectivity index (χ0) is 14.5. The summed E-state index contributed by atoms with van der Waals surface area (Å²) in [5, 5.41) is 0. The molecular formula is C17H21N3O. The average Bonchev–Trinajstić information content (AvgIpc) is 3.33. The Bertz CT molecular complexity index is 569. The smallest absolute Gasteiger partial charge is 0.120 e. The predicted octanol–water partition coefficient (Wildman–Crippen LogP) is 2.76. The van der Waals surface area contributed by atoms with Crippen LogP contribution in [0.15, 0.2) is 48.8 Å². The van der Waals surface area contributed by atoms with E-state index < -0.39 is 0 Å². The van der Waals surface area contributed by atoms with E-state index in [1.54, 1.807) is 6.20 Å². The van der Waals surface area contributed by atoms with E-state index in [0.717, 1.165) is 18.6 Å². The van der Waals surface area contributed by atoms with Crippen LogP contribution in [0.25, 0.3) is 0 Å². The lowest BCUT2D eigenvalue weighted by atomic mass is 10.00. The van der Waals surface area contributed by atoms with Crippen molar-refractivity contribution >= 4 is 0 Å². The van der Waals surface area contributed by atoms with Crippen LogP contribution < -0.4 is 16.0 Å². The van der Waals surface area contributed by atoms with Crippen molar-refractivity contribution < 1.29 is 4.74 Å². The van der Waals surface area contributed by atoms with Crippen molar-refractivity contribution in [3.8, 4) is 5.75 Å². The van der Waals surface area contributed by atoms with Crippen LogP contribution in [0.2, 0.25) is 0 Å². The van der Waals surface area contributed by atoms with Gasteiger partial charge in [-0.1, -0.05) is 18.2 Å². The lowest BCUT2D eigenvalue weighted by Crippen LogP contribution is -2.28. The minimum atomic E-state index is 0.118. The number of hydrogen-bond donors (Lipinski definition) is 2. The Morgan fingerprint density at radius 2 is 2.19 bits per heavy atom. The summed E-state index contributed by atoms with van der Waals surface area (Å²) >= 11 is 0. The normalized spacial score (nSPS) is 15.7. The molecule has 21 heavy (non-hydrogen) atoms. The van der Waals surface area contributed by atoms with Crippen LogP contribution in [0.1, 0.15) is 36.4 Å². The SMILES string of the molecule is NNC(CCc1cccnc1)c1cccc(OC2CC2)c1. The summed E-state index contributed by atoms with van der Waals surface area (Å²) in [6.45, 7) is 0. The van der Waals surface area contributed by atoms with Gasteiger partial charge in [0.25, 0.3) is 0 Å². The van der Waals surface area contributed by atoms with Gasteiger partial charge in [-0.25, -0.2) is 0 Å². The molecule has 0 bridgehead atoms. The molecule has 1 atom stereocenters. The van der Waals surface area contributed by atoms with Gasteiger partial charge < -0.3 is 4.74 Å². The predicted molar refractivity (Wildman–Crippen MR) is 82.7 cm³/mol. The van der Waals surface area contributed by atoms with Gasteiger partial charge in [-0.3, -0.25) is 16.3 Å². The van der Waals surface area contributed by atoms with E-state index in [0.29, 0.717) is 6.10 Å². The van der Waals surface area contributed by atoms with Gasteiger partial charge in [0.1, 0.15) is 5.75 Å². The monoisotopic (exact) mass is 283 g/mol. The van der Waals surface area contributed by atoms with Crippen molar-refractivity contribution in [1.82, 2.24) is 10.4 Å². The van der Waals surface area contributed by atoms with Crippen LogP contribution in [-0.2, 0) is 6.42 Å². The molecule has 1 unspecified atom stereocenters. The van der Waals surface area contributed by atoms with Crippen LogP contribution in [-0.4, -0.2) is 11.1 Å². The zero-order valence-corrected chi connectivity index (χ0v) is 12.0. The molecule has 1 fully saturated rings. The quantitative estimate of drug-likeness (QED) is 0.606. The Morgan fingerprint density at radius 3 is 2.90 bits per heavy atom. The van der Waals surface area contributed by atoms with Crippen LogP contribution in [0.5, 0.6) is 5.75 Å². The maximum absolute atomic E-state index is 5.84. The minimum absolute atomic E-state index is 0.118. The highest BCUT2D eigenvalue weighted by Gasteiger charge is 2.23. The highest BCUT2D eigenvalue weighted by atomic mass is 16.5.